The van der Waals surface area contributed by atoms with E-state index in [1.807, 2.05) is 24.3 Å². The minimum Gasteiger partial charge on any atom is -0.494 e. The number of unbranched alkanes of at least 4 members (excludes halogenated alkanes) is 3. The van der Waals surface area contributed by atoms with Gasteiger partial charge in [0.05, 0.1) is 6.61 Å². The number of carbonyl (C=O) groups is 1. The van der Waals surface area contributed by atoms with Gasteiger partial charge in [-0.1, -0.05) is 40.0 Å². The Hall–Kier alpha value is -1.81. The monoisotopic (exact) mass is 444 g/mol. The van der Waals surface area contributed by atoms with Crippen molar-refractivity contribution < 1.29 is 9.53 Å². The van der Waals surface area contributed by atoms with Crippen molar-refractivity contribution in [3.63, 3.8) is 0 Å². The molecule has 0 amide bonds. The molecule has 0 atom stereocenters. The van der Waals surface area contributed by atoms with E-state index in [0.29, 0.717) is 12.2 Å². The van der Waals surface area contributed by atoms with Crippen LogP contribution in [-0.4, -0.2) is 42.5 Å². The largest absolute Gasteiger partial charge is 0.494 e. The zero-order valence-electron chi connectivity index (χ0n) is 21.6. The van der Waals surface area contributed by atoms with Gasteiger partial charge in [0.15, 0.2) is 5.78 Å². The molecule has 182 valence electrons. The van der Waals surface area contributed by atoms with Gasteiger partial charge >= 0.3 is 0 Å². The normalized spacial score (nSPS) is 12.3. The first-order chi connectivity index (χ1) is 15.3. The lowest BCUT2D eigenvalue weighted by molar-refractivity contribution is 0.104. The van der Waals surface area contributed by atoms with Crippen molar-refractivity contribution in [1.29, 1.82) is 0 Å². The van der Waals surface area contributed by atoms with Crippen LogP contribution in [0, 0.1) is 0 Å². The molecule has 0 unspecified atom stereocenters. The predicted molar refractivity (Wildman–Crippen MR) is 138 cm³/mol. The fourth-order valence-electron chi connectivity index (χ4n) is 3.55. The topological polar surface area (TPSA) is 41.6 Å². The van der Waals surface area contributed by atoms with Crippen molar-refractivity contribution in [2.45, 2.75) is 98.4 Å². The zero-order valence-corrected chi connectivity index (χ0v) is 21.6. The van der Waals surface area contributed by atoms with Crippen molar-refractivity contribution >= 4 is 5.78 Å². The number of ketones is 1. The number of rotatable bonds is 17. The Labute approximate surface area is 197 Å². The van der Waals surface area contributed by atoms with E-state index < -0.39 is 0 Å². The average Bonchev–Trinajstić information content (AvgIpc) is 2.75. The highest BCUT2D eigenvalue weighted by Crippen LogP contribution is 2.16. The Bertz CT molecular complexity index is 651. The molecule has 1 aromatic carbocycles. The standard InChI is InChI=1S/C28H48N2O2/c1-7-10-14-25(29-28(4,5)6)23-27(31)24-15-17-26(18-16-24)32-22-13-21-30(19-11-8-2)20-12-9-3/h15-18,23,29H,7-14,19-22H2,1-6H3/b25-23-. The first-order valence-electron chi connectivity index (χ1n) is 12.8. The molecule has 4 heteroatoms. The highest BCUT2D eigenvalue weighted by atomic mass is 16.5. The molecule has 1 aromatic rings. The molecule has 0 saturated carbocycles. The average molecular weight is 445 g/mol. The summed E-state index contributed by atoms with van der Waals surface area (Å²) in [5.41, 5.74) is 1.66. The van der Waals surface area contributed by atoms with Gasteiger partial charge in [0, 0.05) is 29.4 Å². The summed E-state index contributed by atoms with van der Waals surface area (Å²) in [6.45, 7) is 17.2. The lowest BCUT2D eigenvalue weighted by Gasteiger charge is -2.24. The Balaban J connectivity index is 2.57. The Morgan fingerprint density at radius 1 is 0.906 bits per heavy atom. The number of hydrogen-bond donors (Lipinski definition) is 1. The van der Waals surface area contributed by atoms with E-state index in [0.717, 1.165) is 43.7 Å². The fraction of sp³-hybridized carbons (Fsp3) is 0.679. The molecular weight excluding hydrogens is 396 g/mol. The van der Waals surface area contributed by atoms with E-state index in [1.165, 1.54) is 38.8 Å². The van der Waals surface area contributed by atoms with Crippen molar-refractivity contribution in [2.75, 3.05) is 26.2 Å². The summed E-state index contributed by atoms with van der Waals surface area (Å²) in [5.74, 6) is 0.875. The molecule has 0 radical (unpaired) electrons. The zero-order chi connectivity index (χ0) is 23.8. The van der Waals surface area contributed by atoms with Crippen LogP contribution in [0.3, 0.4) is 0 Å². The van der Waals surface area contributed by atoms with Crippen LogP contribution in [0.4, 0.5) is 0 Å². The molecule has 0 saturated heterocycles. The third-order valence-electron chi connectivity index (χ3n) is 5.32. The number of hydrogen-bond acceptors (Lipinski definition) is 4. The van der Waals surface area contributed by atoms with Gasteiger partial charge in [-0.3, -0.25) is 4.79 Å². The van der Waals surface area contributed by atoms with Crippen LogP contribution in [0.1, 0.15) is 103 Å². The van der Waals surface area contributed by atoms with Gasteiger partial charge in [0.2, 0.25) is 0 Å². The molecule has 0 fully saturated rings. The van der Waals surface area contributed by atoms with E-state index >= 15 is 0 Å². The summed E-state index contributed by atoms with van der Waals surface area (Å²) < 4.78 is 5.93. The summed E-state index contributed by atoms with van der Waals surface area (Å²) >= 11 is 0. The Morgan fingerprint density at radius 3 is 2.00 bits per heavy atom. The van der Waals surface area contributed by atoms with Gasteiger partial charge < -0.3 is 15.0 Å². The molecule has 0 aliphatic heterocycles. The maximum Gasteiger partial charge on any atom is 0.187 e. The minimum absolute atomic E-state index is 0.0434. The van der Waals surface area contributed by atoms with Gasteiger partial charge in [0.1, 0.15) is 5.75 Å². The third-order valence-corrected chi connectivity index (χ3v) is 5.32. The number of ether oxygens (including phenoxy) is 1. The van der Waals surface area contributed by atoms with Crippen molar-refractivity contribution in [2.24, 2.45) is 0 Å². The van der Waals surface area contributed by atoms with Crippen LogP contribution in [0.2, 0.25) is 0 Å². The predicted octanol–water partition coefficient (Wildman–Crippen LogP) is 7.00. The van der Waals surface area contributed by atoms with Gasteiger partial charge in [-0.2, -0.15) is 0 Å². The lowest BCUT2D eigenvalue weighted by Crippen LogP contribution is -2.35. The summed E-state index contributed by atoms with van der Waals surface area (Å²) in [4.78, 5) is 15.3. The van der Waals surface area contributed by atoms with Gasteiger partial charge in [-0.25, -0.2) is 0 Å². The second kappa shape index (κ2) is 15.9. The van der Waals surface area contributed by atoms with Crippen LogP contribution in [-0.2, 0) is 0 Å². The second-order valence-corrected chi connectivity index (χ2v) is 9.79. The minimum atomic E-state index is -0.0553. The summed E-state index contributed by atoms with van der Waals surface area (Å²) in [6, 6.07) is 7.57. The molecule has 4 nitrogen and oxygen atoms in total. The van der Waals surface area contributed by atoms with E-state index in [-0.39, 0.29) is 11.3 Å². The molecule has 32 heavy (non-hydrogen) atoms. The molecule has 0 aliphatic carbocycles. The fourth-order valence-corrected chi connectivity index (χ4v) is 3.55. The third kappa shape index (κ3) is 12.9. The molecule has 0 aromatic heterocycles. The Morgan fingerprint density at radius 2 is 1.47 bits per heavy atom. The molecule has 0 spiro atoms. The van der Waals surface area contributed by atoms with Crippen molar-refractivity contribution in [1.82, 2.24) is 10.2 Å². The number of nitrogens with zero attached hydrogens (tertiary/aromatic N) is 1. The maximum absolute atomic E-state index is 12.8. The van der Waals surface area contributed by atoms with Crippen LogP contribution in [0.5, 0.6) is 5.75 Å². The summed E-state index contributed by atoms with van der Waals surface area (Å²) in [7, 11) is 0. The maximum atomic E-state index is 12.8. The molecule has 1 N–H and O–H groups in total. The van der Waals surface area contributed by atoms with E-state index in [4.69, 9.17) is 4.74 Å². The van der Waals surface area contributed by atoms with Crippen molar-refractivity contribution in [3.8, 4) is 5.75 Å². The van der Waals surface area contributed by atoms with Gasteiger partial charge in [-0.05, 0) is 90.2 Å². The van der Waals surface area contributed by atoms with Crippen LogP contribution >= 0.6 is 0 Å². The van der Waals surface area contributed by atoms with E-state index in [2.05, 4.69) is 51.8 Å². The summed E-state index contributed by atoms with van der Waals surface area (Å²) in [5, 5.41) is 3.48. The quantitative estimate of drug-likeness (QED) is 0.159. The molecule has 0 aliphatic rings. The molecular formula is C28H48N2O2. The molecule has 0 heterocycles. The highest BCUT2D eigenvalue weighted by Gasteiger charge is 2.13. The van der Waals surface area contributed by atoms with Gasteiger partial charge in [-0.15, -0.1) is 0 Å². The van der Waals surface area contributed by atoms with Crippen molar-refractivity contribution in [3.05, 3.63) is 41.6 Å². The van der Waals surface area contributed by atoms with E-state index in [1.54, 1.807) is 6.08 Å². The molecule has 1 rings (SSSR count). The number of allylic oxidation sites excluding steroid dienone is 2. The SMILES string of the molecule is CCCC/C(=C/C(=O)c1ccc(OCCCN(CCCC)CCCC)cc1)NC(C)(C)C. The van der Waals surface area contributed by atoms with Crippen LogP contribution in [0.25, 0.3) is 0 Å². The van der Waals surface area contributed by atoms with Gasteiger partial charge in [0.25, 0.3) is 0 Å². The summed E-state index contributed by atoms with van der Waals surface area (Å²) in [6.07, 6.45) is 10.9. The number of carbonyl (C=O) groups excluding carboxylic acids is 1. The highest BCUT2D eigenvalue weighted by molar-refractivity contribution is 6.04. The lowest BCUT2D eigenvalue weighted by atomic mass is 10.0. The van der Waals surface area contributed by atoms with E-state index in [9.17, 15) is 4.79 Å². The van der Waals surface area contributed by atoms with Crippen LogP contribution in [0.15, 0.2) is 36.0 Å². The molecule has 0 bridgehead atoms. The number of benzene rings is 1. The smallest absolute Gasteiger partial charge is 0.187 e. The number of nitrogens with one attached hydrogen (secondary N) is 1. The van der Waals surface area contributed by atoms with Crippen LogP contribution < -0.4 is 10.1 Å². The first-order valence-corrected chi connectivity index (χ1v) is 12.8. The second-order valence-electron chi connectivity index (χ2n) is 9.79. The first kappa shape index (κ1) is 28.2. The Kier molecular flexibility index (Phi) is 14.0.